The third kappa shape index (κ3) is 18.3. The van der Waals surface area contributed by atoms with Gasteiger partial charge in [-0.25, -0.2) is 15.3 Å². The number of nitrogens with zero attached hydrogens (tertiary/aromatic N) is 1. The molecule has 10 nitrogen and oxygen atoms in total. The summed E-state index contributed by atoms with van der Waals surface area (Å²) in [4.78, 5) is 38.9. The Morgan fingerprint density at radius 3 is 2.24 bits per heavy atom. The number of nitrogens with one attached hydrogen (secondary N) is 2. The van der Waals surface area contributed by atoms with Crippen LogP contribution in [0.5, 0.6) is 5.75 Å². The van der Waals surface area contributed by atoms with Gasteiger partial charge in [-0.3, -0.25) is 9.59 Å². The second kappa shape index (κ2) is 27.4. The van der Waals surface area contributed by atoms with E-state index in [9.17, 15) is 9.59 Å². The number of thiazole rings is 1. The summed E-state index contributed by atoms with van der Waals surface area (Å²) in [5.74, 6) is 4.99. The number of halogens is 1. The molecule has 1 fully saturated rings. The van der Waals surface area contributed by atoms with Crippen molar-refractivity contribution < 1.29 is 61.1 Å². The van der Waals surface area contributed by atoms with Crippen molar-refractivity contribution in [2.45, 2.75) is 65.5 Å². The second-order valence-corrected chi connectivity index (χ2v) is 11.8. The summed E-state index contributed by atoms with van der Waals surface area (Å²) >= 11 is 1.57. The summed E-state index contributed by atoms with van der Waals surface area (Å²) in [7, 11) is 4.77. The molecule has 1 aromatic heterocycles. The minimum Gasteiger partial charge on any atom is -0.486 e. The molecule has 0 aliphatic heterocycles. The zero-order valence-corrected chi connectivity index (χ0v) is 31.9. The minimum absolute atomic E-state index is 0. The molecule has 1 aliphatic carbocycles. The number of ether oxygens (including phenoxy) is 1. The van der Waals surface area contributed by atoms with Crippen LogP contribution in [-0.4, -0.2) is 71.0 Å². The van der Waals surface area contributed by atoms with E-state index in [1.165, 1.54) is 14.2 Å². The summed E-state index contributed by atoms with van der Waals surface area (Å²) in [6, 6.07) is 6.07. The molecule has 3 rings (SSSR count). The minimum atomic E-state index is -1.13. The first-order valence-electron chi connectivity index (χ1n) is 14.5. The largest absolute Gasteiger partial charge is 0.486 e. The van der Waals surface area contributed by atoms with Gasteiger partial charge in [-0.05, 0) is 81.6 Å². The molecule has 1 heterocycles. The fourth-order valence-electron chi connectivity index (χ4n) is 5.23. The first-order valence-corrected chi connectivity index (χ1v) is 15.4. The number of aldehydes is 1. The van der Waals surface area contributed by atoms with Crippen molar-refractivity contribution in [3.63, 3.8) is 0 Å². The maximum absolute atomic E-state index is 15.6. The predicted molar refractivity (Wildman–Crippen MR) is 178 cm³/mol. The van der Waals surface area contributed by atoms with E-state index >= 15 is 4.39 Å². The zero-order chi connectivity index (χ0) is 34.2. The number of benzene rings is 1. The molecule has 1 aromatic carbocycles. The maximum atomic E-state index is 15.6. The Bertz CT molecular complexity index is 1030. The van der Waals surface area contributed by atoms with Crippen LogP contribution in [0.25, 0.3) is 10.4 Å². The van der Waals surface area contributed by atoms with Gasteiger partial charge in [-0.15, -0.1) is 17.9 Å². The first-order chi connectivity index (χ1) is 21.0. The van der Waals surface area contributed by atoms with E-state index in [-0.39, 0.29) is 56.6 Å². The number of alkyl halides is 1. The SMILES string of the molecule is C=O.CN.CON.Cc1ncsc1-c1ccc(CC(CCCNC=O)C(C(C)(C)C)C2(F)CC2)c(OCC=O)c1.[CH2-]CNC.[Y]. The van der Waals surface area contributed by atoms with Crippen LogP contribution < -0.4 is 27.0 Å². The van der Waals surface area contributed by atoms with E-state index in [4.69, 9.17) is 9.53 Å². The van der Waals surface area contributed by atoms with Crippen molar-refractivity contribution in [1.82, 2.24) is 15.6 Å². The first kappa shape index (κ1) is 47.7. The number of aromatic nitrogens is 1. The van der Waals surface area contributed by atoms with E-state index < -0.39 is 5.67 Å². The Labute approximate surface area is 299 Å². The smallest absolute Gasteiger partial charge is 0.207 e. The van der Waals surface area contributed by atoms with E-state index in [2.05, 4.69) is 65.8 Å². The molecule has 13 heteroatoms. The average Bonchev–Trinajstić information content (AvgIpc) is 3.59. The molecule has 0 saturated heterocycles. The van der Waals surface area contributed by atoms with Gasteiger partial charge in [0.05, 0.1) is 23.2 Å². The number of hydrogen-bond donors (Lipinski definition) is 4. The molecule has 1 radical (unpaired) electrons. The molecule has 2 aromatic rings. The van der Waals surface area contributed by atoms with Gasteiger partial charge >= 0.3 is 0 Å². The van der Waals surface area contributed by atoms with Crippen LogP contribution in [0.3, 0.4) is 0 Å². The van der Waals surface area contributed by atoms with Crippen molar-refractivity contribution in [1.29, 1.82) is 0 Å². The van der Waals surface area contributed by atoms with Gasteiger partial charge < -0.3 is 37.7 Å². The fourth-order valence-corrected chi connectivity index (χ4v) is 6.03. The van der Waals surface area contributed by atoms with Crippen LogP contribution in [-0.2, 0) is 58.4 Å². The van der Waals surface area contributed by atoms with Gasteiger partial charge in [0.2, 0.25) is 6.41 Å². The number of amides is 1. The molecule has 2 atom stereocenters. The summed E-state index contributed by atoms with van der Waals surface area (Å²) in [5.41, 5.74) is 7.92. The summed E-state index contributed by atoms with van der Waals surface area (Å²) in [6.07, 6.45) is 4.91. The number of carbonyl (C=O) groups is 3. The molecule has 1 amide bonds. The molecule has 0 spiro atoms. The Morgan fingerprint density at radius 1 is 1.24 bits per heavy atom. The Kier molecular flexibility index (Phi) is 29.1. The van der Waals surface area contributed by atoms with E-state index in [1.807, 2.05) is 38.4 Å². The number of rotatable bonds is 14. The molecule has 1 saturated carbocycles. The number of nitrogens with two attached hydrogens (primary N) is 2. The molecule has 1 aliphatic rings. The van der Waals surface area contributed by atoms with E-state index in [0.29, 0.717) is 38.0 Å². The van der Waals surface area contributed by atoms with Gasteiger partial charge in [0.1, 0.15) is 24.8 Å². The van der Waals surface area contributed by atoms with E-state index in [0.717, 1.165) is 47.4 Å². The third-order valence-corrected chi connectivity index (χ3v) is 7.76. The quantitative estimate of drug-likeness (QED) is 0.0953. The average molecular weight is 730 g/mol. The monoisotopic (exact) mass is 729 g/mol. The van der Waals surface area contributed by atoms with Crippen LogP contribution in [0, 0.1) is 31.1 Å². The van der Waals surface area contributed by atoms with Crippen molar-refractivity contribution in [2.75, 3.05) is 40.9 Å². The van der Waals surface area contributed by atoms with Gasteiger partial charge in [0, 0.05) is 45.2 Å². The predicted octanol–water partition coefficient (Wildman–Crippen LogP) is 4.48. The van der Waals surface area contributed by atoms with Crippen molar-refractivity contribution in [2.24, 2.45) is 28.9 Å². The summed E-state index contributed by atoms with van der Waals surface area (Å²) in [6.45, 7) is 15.2. The summed E-state index contributed by atoms with van der Waals surface area (Å²) in [5, 5.41) is 5.54. The third-order valence-electron chi connectivity index (χ3n) is 6.78. The van der Waals surface area contributed by atoms with Crippen LogP contribution in [0.4, 0.5) is 4.39 Å². The molecular formula is C32H55FN5O5SY-. The molecule has 45 heavy (non-hydrogen) atoms. The molecule has 2 unspecified atom stereocenters. The van der Waals surface area contributed by atoms with Crippen LogP contribution >= 0.6 is 11.3 Å². The van der Waals surface area contributed by atoms with Crippen LogP contribution in [0.15, 0.2) is 23.7 Å². The number of hydrogen-bond acceptors (Lipinski definition) is 10. The standard InChI is InChI=1S/C26H35FN2O3S.C3H8N.CH5NO.CH5N.CH2O.Y/c1-18-23(33-17-29-18)20-8-7-19(22(15-20)32-13-12-30)14-21(6-5-11-28-16-31)24(25(2,3)4)26(27)9-10-26;1-3-4-2;1-3-2;2*1-2;/h7-8,12,15-17,21,24H,5-6,9-11,13-14H2,1-4H3,(H,28,31);4H,1,3H2,2H3;2H2,1H3;2H2,1H3;1H2;/q;-1;;;;. The fraction of sp³-hybridized carbons (Fsp3) is 0.594. The molecular weight excluding hydrogens is 674 g/mol. The molecule has 255 valence electrons. The normalized spacial score (nSPS) is 13.5. The van der Waals surface area contributed by atoms with Crippen molar-refractivity contribution in [3.8, 4) is 16.2 Å². The van der Waals surface area contributed by atoms with Crippen LogP contribution in [0.2, 0.25) is 0 Å². The molecule has 6 N–H and O–H groups in total. The summed E-state index contributed by atoms with van der Waals surface area (Å²) < 4.78 is 21.5. The number of carbonyl (C=O) groups excluding carboxylic acids is 3. The van der Waals surface area contributed by atoms with Gasteiger partial charge in [0.25, 0.3) is 0 Å². The maximum Gasteiger partial charge on any atom is 0.207 e. The second-order valence-electron chi connectivity index (χ2n) is 11.0. The topological polar surface area (TPSA) is 159 Å². The van der Waals surface area contributed by atoms with Gasteiger partial charge in [-0.1, -0.05) is 32.9 Å². The van der Waals surface area contributed by atoms with Crippen LogP contribution in [0.1, 0.15) is 57.7 Å². The Balaban J connectivity index is -0.00000130. The Hall–Kier alpha value is -1.67. The van der Waals surface area contributed by atoms with Gasteiger partial charge in [0.15, 0.2) is 6.29 Å². The van der Waals surface area contributed by atoms with Crippen molar-refractivity contribution in [3.05, 3.63) is 41.9 Å². The van der Waals surface area contributed by atoms with Crippen molar-refractivity contribution >= 4 is 30.8 Å². The molecule has 0 bridgehead atoms. The van der Waals surface area contributed by atoms with E-state index in [1.54, 1.807) is 11.3 Å². The number of aryl methyl sites for hydroxylation is 1. The zero-order valence-electron chi connectivity index (χ0n) is 28.2. The Morgan fingerprint density at radius 2 is 1.82 bits per heavy atom. The van der Waals surface area contributed by atoms with Gasteiger partial charge in [-0.2, -0.15) is 0 Å².